The van der Waals surface area contributed by atoms with Gasteiger partial charge in [0.05, 0.1) is 6.61 Å². The molecule has 2 atom stereocenters. The molecule has 0 saturated carbocycles. The molecule has 114 valence electrons. The van der Waals surface area contributed by atoms with Crippen molar-refractivity contribution in [3.05, 3.63) is 0 Å². The van der Waals surface area contributed by atoms with Gasteiger partial charge in [0.1, 0.15) is 0 Å². The van der Waals surface area contributed by atoms with Crippen molar-refractivity contribution in [3.63, 3.8) is 0 Å². The monoisotopic (exact) mass is 284 g/mol. The summed E-state index contributed by atoms with van der Waals surface area (Å²) in [7, 11) is 0. The van der Waals surface area contributed by atoms with Gasteiger partial charge in [-0.05, 0) is 32.1 Å². The Kier molecular flexibility index (Phi) is 5.23. The lowest BCUT2D eigenvalue weighted by Gasteiger charge is -2.33. The number of carbonyl (C=O) groups excluding carboxylic acids is 1. The maximum atomic E-state index is 12.2. The number of carbonyl (C=O) groups is 2. The second-order valence-corrected chi connectivity index (χ2v) is 5.89. The smallest absolute Gasteiger partial charge is 0.317 e. The van der Waals surface area contributed by atoms with Gasteiger partial charge in [0.15, 0.2) is 0 Å². The Balaban J connectivity index is 1.72. The van der Waals surface area contributed by atoms with Gasteiger partial charge in [0, 0.05) is 38.1 Å². The van der Waals surface area contributed by atoms with E-state index < -0.39 is 5.97 Å². The molecule has 0 aliphatic carbocycles. The van der Waals surface area contributed by atoms with E-state index in [4.69, 9.17) is 9.84 Å². The molecule has 0 radical (unpaired) electrons. The first kappa shape index (κ1) is 15.1. The summed E-state index contributed by atoms with van der Waals surface area (Å²) in [6.07, 6.45) is 2.77. The average Bonchev–Trinajstić information content (AvgIpc) is 2.92. The van der Waals surface area contributed by atoms with Crippen LogP contribution in [-0.2, 0) is 9.53 Å². The van der Waals surface area contributed by atoms with Gasteiger partial charge in [-0.2, -0.15) is 0 Å². The van der Waals surface area contributed by atoms with Gasteiger partial charge in [-0.3, -0.25) is 4.79 Å². The molecule has 0 spiro atoms. The minimum Gasteiger partial charge on any atom is -0.481 e. The number of rotatable bonds is 4. The number of urea groups is 1. The molecule has 2 aliphatic rings. The zero-order valence-corrected chi connectivity index (χ0v) is 12.0. The van der Waals surface area contributed by atoms with Crippen LogP contribution in [0, 0.1) is 11.8 Å². The fourth-order valence-electron chi connectivity index (χ4n) is 2.94. The first-order valence-corrected chi connectivity index (χ1v) is 7.41. The number of carboxylic acids is 1. The predicted molar refractivity (Wildman–Crippen MR) is 73.5 cm³/mol. The van der Waals surface area contributed by atoms with Crippen molar-refractivity contribution in [2.45, 2.75) is 38.6 Å². The van der Waals surface area contributed by atoms with Crippen molar-refractivity contribution in [3.8, 4) is 0 Å². The van der Waals surface area contributed by atoms with Crippen molar-refractivity contribution in [1.82, 2.24) is 10.2 Å². The predicted octanol–water partition coefficient (Wildman–Crippen LogP) is 1.31. The first-order chi connectivity index (χ1) is 9.56. The highest BCUT2D eigenvalue weighted by Gasteiger charge is 2.28. The number of hydrogen-bond acceptors (Lipinski definition) is 3. The molecule has 2 fully saturated rings. The molecule has 6 nitrogen and oxygen atoms in total. The van der Waals surface area contributed by atoms with Crippen LogP contribution in [0.1, 0.15) is 32.6 Å². The van der Waals surface area contributed by atoms with Crippen LogP contribution in [0.25, 0.3) is 0 Å². The summed E-state index contributed by atoms with van der Waals surface area (Å²) in [5.74, 6) is -0.136. The molecule has 20 heavy (non-hydrogen) atoms. The number of likely N-dealkylation sites (tertiary alicyclic amines) is 1. The SMILES string of the molecule is CC(NC(=O)N1CCC(CC(=O)O)CC1)C1CCOC1. The molecule has 2 amide bonds. The van der Waals surface area contributed by atoms with Gasteiger partial charge in [0.25, 0.3) is 0 Å². The highest BCUT2D eigenvalue weighted by Crippen LogP contribution is 2.21. The van der Waals surface area contributed by atoms with Crippen LogP contribution >= 0.6 is 0 Å². The van der Waals surface area contributed by atoms with E-state index in [2.05, 4.69) is 5.32 Å². The molecule has 2 rings (SSSR count). The van der Waals surface area contributed by atoms with Crippen LogP contribution in [0.15, 0.2) is 0 Å². The van der Waals surface area contributed by atoms with Crippen molar-refractivity contribution in [2.24, 2.45) is 11.8 Å². The zero-order chi connectivity index (χ0) is 14.5. The molecule has 0 aromatic rings. The van der Waals surface area contributed by atoms with E-state index in [0.717, 1.165) is 32.5 Å². The normalized spacial score (nSPS) is 25.4. The summed E-state index contributed by atoms with van der Waals surface area (Å²) in [6, 6.07) is 0.0971. The number of nitrogens with zero attached hydrogens (tertiary/aromatic N) is 1. The van der Waals surface area contributed by atoms with Crippen LogP contribution in [-0.4, -0.2) is 54.4 Å². The Morgan fingerprint density at radius 2 is 2.05 bits per heavy atom. The third-order valence-corrected chi connectivity index (χ3v) is 4.39. The molecule has 6 heteroatoms. The number of carboxylic acid groups (broad SMARTS) is 1. The van der Waals surface area contributed by atoms with Gasteiger partial charge in [-0.15, -0.1) is 0 Å². The lowest BCUT2D eigenvalue weighted by molar-refractivity contribution is -0.138. The zero-order valence-electron chi connectivity index (χ0n) is 12.0. The topological polar surface area (TPSA) is 78.9 Å². The molecular weight excluding hydrogens is 260 g/mol. The average molecular weight is 284 g/mol. The molecule has 2 saturated heterocycles. The molecule has 0 aromatic heterocycles. The van der Waals surface area contributed by atoms with Crippen LogP contribution in [0.3, 0.4) is 0 Å². The maximum Gasteiger partial charge on any atom is 0.317 e. The van der Waals surface area contributed by atoms with Crippen LogP contribution in [0.5, 0.6) is 0 Å². The van der Waals surface area contributed by atoms with Crippen molar-refractivity contribution in [1.29, 1.82) is 0 Å². The van der Waals surface area contributed by atoms with Gasteiger partial charge in [-0.1, -0.05) is 0 Å². The Labute approximate surface area is 119 Å². The van der Waals surface area contributed by atoms with E-state index in [1.807, 2.05) is 6.92 Å². The number of hydrogen-bond donors (Lipinski definition) is 2. The van der Waals surface area contributed by atoms with Crippen LogP contribution in [0.2, 0.25) is 0 Å². The quantitative estimate of drug-likeness (QED) is 0.816. The first-order valence-electron chi connectivity index (χ1n) is 7.41. The summed E-state index contributed by atoms with van der Waals surface area (Å²) < 4.78 is 5.34. The molecule has 0 aromatic carbocycles. The lowest BCUT2D eigenvalue weighted by atomic mass is 9.94. The minimum atomic E-state index is -0.747. The fraction of sp³-hybridized carbons (Fsp3) is 0.857. The lowest BCUT2D eigenvalue weighted by Crippen LogP contribution is -2.49. The number of ether oxygens (including phenoxy) is 1. The van der Waals surface area contributed by atoms with Gasteiger partial charge in [0.2, 0.25) is 0 Å². The van der Waals surface area contributed by atoms with Crippen LogP contribution < -0.4 is 5.32 Å². The third-order valence-electron chi connectivity index (χ3n) is 4.39. The van der Waals surface area contributed by atoms with E-state index in [0.29, 0.717) is 19.0 Å². The molecular formula is C14H24N2O4. The summed E-state index contributed by atoms with van der Waals surface area (Å²) in [4.78, 5) is 24.6. The standard InChI is InChI=1S/C14H24N2O4/c1-10(12-4-7-20-9-12)15-14(19)16-5-2-11(3-6-16)8-13(17)18/h10-12H,2-9H2,1H3,(H,15,19)(H,17,18). The number of nitrogens with one attached hydrogen (secondary N) is 1. The van der Waals surface area contributed by atoms with Gasteiger partial charge >= 0.3 is 12.0 Å². The van der Waals surface area contributed by atoms with E-state index >= 15 is 0 Å². The van der Waals surface area contributed by atoms with Crippen molar-refractivity contribution < 1.29 is 19.4 Å². The van der Waals surface area contributed by atoms with E-state index in [1.54, 1.807) is 4.90 Å². The van der Waals surface area contributed by atoms with Crippen molar-refractivity contribution >= 4 is 12.0 Å². The van der Waals surface area contributed by atoms with E-state index in [9.17, 15) is 9.59 Å². The Hall–Kier alpha value is -1.30. The second kappa shape index (κ2) is 6.92. The van der Waals surface area contributed by atoms with E-state index in [1.165, 1.54) is 0 Å². The molecule has 2 N–H and O–H groups in total. The number of piperidine rings is 1. The largest absolute Gasteiger partial charge is 0.481 e. The summed E-state index contributed by atoms with van der Waals surface area (Å²) >= 11 is 0. The maximum absolute atomic E-state index is 12.2. The Bertz CT molecular complexity index is 347. The van der Waals surface area contributed by atoms with Gasteiger partial charge < -0.3 is 20.1 Å². The van der Waals surface area contributed by atoms with E-state index in [-0.39, 0.29) is 24.4 Å². The second-order valence-electron chi connectivity index (χ2n) is 5.89. The fourth-order valence-corrected chi connectivity index (χ4v) is 2.94. The summed E-state index contributed by atoms with van der Waals surface area (Å²) in [5.41, 5.74) is 0. The Morgan fingerprint density at radius 3 is 2.60 bits per heavy atom. The number of amides is 2. The number of aliphatic carboxylic acids is 1. The molecule has 0 bridgehead atoms. The third kappa shape index (κ3) is 4.10. The van der Waals surface area contributed by atoms with Crippen molar-refractivity contribution in [2.75, 3.05) is 26.3 Å². The molecule has 2 heterocycles. The van der Waals surface area contributed by atoms with Gasteiger partial charge in [-0.25, -0.2) is 4.79 Å². The highest BCUT2D eigenvalue weighted by atomic mass is 16.5. The summed E-state index contributed by atoms with van der Waals surface area (Å²) in [6.45, 7) is 4.83. The Morgan fingerprint density at radius 1 is 1.35 bits per heavy atom. The minimum absolute atomic E-state index is 0.0295. The highest BCUT2D eigenvalue weighted by molar-refractivity contribution is 5.74. The molecule has 2 aliphatic heterocycles. The summed E-state index contributed by atoms with van der Waals surface area (Å²) in [5, 5.41) is 11.8. The molecule has 2 unspecified atom stereocenters. The van der Waals surface area contributed by atoms with Crippen LogP contribution in [0.4, 0.5) is 4.79 Å².